The maximum Gasteiger partial charge on any atom is 0.0492 e. The monoisotopic (exact) mass is 326 g/mol. The molecule has 4 fully saturated rings. The molecule has 2 aliphatic heterocycles. The van der Waals surface area contributed by atoms with Crippen molar-refractivity contribution >= 4 is 45.8 Å². The molecule has 6 heteroatoms. The van der Waals surface area contributed by atoms with Crippen LogP contribution in [0.25, 0.3) is 0 Å². The van der Waals surface area contributed by atoms with Crippen LogP contribution >= 0.6 is 45.8 Å². The lowest BCUT2D eigenvalue weighted by Gasteiger charge is -2.36. The molecule has 104 valence electrons. The molecule has 2 nitrogen and oxygen atoms in total. The normalized spacial score (nSPS) is 54.2. The highest BCUT2D eigenvalue weighted by molar-refractivity contribution is 8.76. The van der Waals surface area contributed by atoms with Crippen molar-refractivity contribution in [2.75, 3.05) is 0 Å². The van der Waals surface area contributed by atoms with Gasteiger partial charge in [-0.3, -0.25) is 4.72 Å². The molecule has 0 amide bonds. The van der Waals surface area contributed by atoms with E-state index in [2.05, 4.69) is 10.0 Å². The van der Waals surface area contributed by atoms with Crippen LogP contribution in [-0.4, -0.2) is 28.8 Å². The minimum Gasteiger partial charge on any atom is -0.309 e. The molecule has 0 radical (unpaired) electrons. The summed E-state index contributed by atoms with van der Waals surface area (Å²) >= 11 is 6.52. The third-order valence-electron chi connectivity index (χ3n) is 5.17. The molecule has 7 unspecified atom stereocenters. The Morgan fingerprint density at radius 2 is 1.94 bits per heavy atom. The van der Waals surface area contributed by atoms with Gasteiger partial charge in [0, 0.05) is 28.8 Å². The second-order valence-electron chi connectivity index (χ2n) is 5.99. The minimum atomic E-state index is 0. The lowest BCUT2D eigenvalue weighted by Crippen LogP contribution is -2.45. The smallest absolute Gasteiger partial charge is 0.0492 e. The predicted molar refractivity (Wildman–Crippen MR) is 83.6 cm³/mol. The van der Waals surface area contributed by atoms with Crippen molar-refractivity contribution in [3.63, 3.8) is 0 Å². The van der Waals surface area contributed by atoms with E-state index in [0.29, 0.717) is 11.4 Å². The van der Waals surface area contributed by atoms with Crippen LogP contribution in [0.5, 0.6) is 0 Å². The highest BCUT2D eigenvalue weighted by Gasteiger charge is 2.52. The lowest BCUT2D eigenvalue weighted by atomic mass is 9.72. The first-order valence-electron chi connectivity index (χ1n) is 6.81. The molecule has 2 heterocycles. The van der Waals surface area contributed by atoms with Gasteiger partial charge in [-0.05, 0) is 48.5 Å². The maximum atomic E-state index is 6.52. The number of rotatable bonds is 0. The summed E-state index contributed by atoms with van der Waals surface area (Å²) in [4.78, 5) is 0. The summed E-state index contributed by atoms with van der Waals surface area (Å²) in [5, 5.41) is 5.08. The van der Waals surface area contributed by atoms with Crippen LogP contribution in [0.15, 0.2) is 0 Å². The van der Waals surface area contributed by atoms with Crippen molar-refractivity contribution in [1.82, 2.24) is 10.0 Å². The Balaban J connectivity index is 0.000001000. The third-order valence-corrected chi connectivity index (χ3v) is 8.25. The van der Waals surface area contributed by atoms with Gasteiger partial charge in [0.25, 0.3) is 0 Å². The van der Waals surface area contributed by atoms with E-state index in [1.807, 2.05) is 21.8 Å². The Kier molecular flexibility index (Phi) is 4.35. The Morgan fingerprint density at radius 1 is 1.06 bits per heavy atom. The molecular formula is C12H20Cl2N2S2. The molecule has 0 spiro atoms. The molecule has 0 bridgehead atoms. The summed E-state index contributed by atoms with van der Waals surface area (Å²) in [6, 6.07) is 2.11. The first kappa shape index (κ1) is 14.2. The molecule has 2 N–H and O–H groups in total. The average molecular weight is 327 g/mol. The molecule has 0 aromatic carbocycles. The van der Waals surface area contributed by atoms with Gasteiger partial charge in [0.2, 0.25) is 0 Å². The first-order chi connectivity index (χ1) is 8.33. The van der Waals surface area contributed by atoms with E-state index in [9.17, 15) is 0 Å². The number of hydrogen-bond donors (Lipinski definition) is 2. The van der Waals surface area contributed by atoms with E-state index in [1.54, 1.807) is 0 Å². The van der Waals surface area contributed by atoms with Crippen LogP contribution in [0.2, 0.25) is 0 Å². The van der Waals surface area contributed by atoms with Crippen LogP contribution in [-0.2, 0) is 0 Å². The summed E-state index contributed by atoms with van der Waals surface area (Å²) in [7, 11) is 3.90. The van der Waals surface area contributed by atoms with Crippen LogP contribution in [0, 0.1) is 11.8 Å². The zero-order chi connectivity index (χ0) is 11.4. The standard InChI is InChI=1S/C12H19ClN2S2.ClH/c13-8-3-1-2-6-7-4-10-11(16-17-15-10)5-9(7)14-12(6)8;/h6-12,14-15H,1-5H2;1H. The van der Waals surface area contributed by atoms with E-state index in [0.717, 1.165) is 29.2 Å². The van der Waals surface area contributed by atoms with Gasteiger partial charge in [0.1, 0.15) is 0 Å². The fourth-order valence-electron chi connectivity index (χ4n) is 4.38. The number of alkyl halides is 1. The Hall–Kier alpha value is 1.20. The van der Waals surface area contributed by atoms with Crippen molar-refractivity contribution < 1.29 is 0 Å². The van der Waals surface area contributed by atoms with Gasteiger partial charge >= 0.3 is 0 Å². The summed E-state index contributed by atoms with van der Waals surface area (Å²) < 4.78 is 3.60. The SMILES string of the molecule is Cl.ClC1CCCC2C3CC4NSSC4CC3NC12. The van der Waals surface area contributed by atoms with Gasteiger partial charge in [-0.1, -0.05) is 17.2 Å². The van der Waals surface area contributed by atoms with Gasteiger partial charge in [0.15, 0.2) is 0 Å². The molecule has 0 aromatic rings. The molecular weight excluding hydrogens is 307 g/mol. The summed E-state index contributed by atoms with van der Waals surface area (Å²) in [5.41, 5.74) is 0. The molecule has 18 heavy (non-hydrogen) atoms. The summed E-state index contributed by atoms with van der Waals surface area (Å²) in [5.74, 6) is 1.74. The zero-order valence-electron chi connectivity index (χ0n) is 10.2. The Bertz CT molecular complexity index is 320. The Morgan fingerprint density at radius 3 is 2.83 bits per heavy atom. The van der Waals surface area contributed by atoms with E-state index >= 15 is 0 Å². The third kappa shape index (κ3) is 2.21. The van der Waals surface area contributed by atoms with Crippen molar-refractivity contribution in [3.05, 3.63) is 0 Å². The van der Waals surface area contributed by atoms with Gasteiger partial charge in [-0.15, -0.1) is 24.0 Å². The minimum absolute atomic E-state index is 0. The van der Waals surface area contributed by atoms with Crippen molar-refractivity contribution in [2.24, 2.45) is 11.8 Å². The van der Waals surface area contributed by atoms with Crippen molar-refractivity contribution in [1.29, 1.82) is 0 Å². The predicted octanol–water partition coefficient (Wildman–Crippen LogP) is 3.20. The highest BCUT2D eigenvalue weighted by Crippen LogP contribution is 2.50. The fraction of sp³-hybridized carbons (Fsp3) is 1.00. The number of halogens is 2. The first-order valence-corrected chi connectivity index (χ1v) is 9.46. The largest absolute Gasteiger partial charge is 0.309 e. The van der Waals surface area contributed by atoms with E-state index in [4.69, 9.17) is 11.6 Å². The van der Waals surface area contributed by atoms with Gasteiger partial charge in [0.05, 0.1) is 0 Å². The zero-order valence-corrected chi connectivity index (χ0v) is 13.4. The molecule has 4 aliphatic rings. The number of fused-ring (bicyclic) bond motifs is 4. The molecule has 7 atom stereocenters. The summed E-state index contributed by atoms with van der Waals surface area (Å²) in [6.45, 7) is 0. The molecule has 2 saturated carbocycles. The van der Waals surface area contributed by atoms with Gasteiger partial charge in [-0.25, -0.2) is 0 Å². The highest BCUT2D eigenvalue weighted by atomic mass is 35.5. The number of hydrogen-bond acceptors (Lipinski definition) is 4. The fourth-order valence-corrected chi connectivity index (χ4v) is 7.59. The maximum absolute atomic E-state index is 6.52. The Labute approximate surface area is 128 Å². The van der Waals surface area contributed by atoms with Gasteiger partial charge < -0.3 is 5.32 Å². The average Bonchev–Trinajstić information content (AvgIpc) is 2.90. The second kappa shape index (κ2) is 5.53. The van der Waals surface area contributed by atoms with Crippen LogP contribution in [0.1, 0.15) is 32.1 Å². The molecule has 2 saturated heterocycles. The van der Waals surface area contributed by atoms with E-state index < -0.39 is 0 Å². The summed E-state index contributed by atoms with van der Waals surface area (Å²) in [6.07, 6.45) is 6.67. The van der Waals surface area contributed by atoms with Crippen LogP contribution < -0.4 is 10.0 Å². The molecule has 2 aliphatic carbocycles. The lowest BCUT2D eigenvalue weighted by molar-refractivity contribution is 0.219. The second-order valence-corrected chi connectivity index (χ2v) is 8.83. The van der Waals surface area contributed by atoms with Crippen molar-refractivity contribution in [3.8, 4) is 0 Å². The van der Waals surface area contributed by atoms with Gasteiger partial charge in [-0.2, -0.15) is 0 Å². The van der Waals surface area contributed by atoms with Crippen molar-refractivity contribution in [2.45, 2.75) is 60.9 Å². The molecule has 0 aromatic heterocycles. The van der Waals surface area contributed by atoms with Crippen LogP contribution in [0.4, 0.5) is 0 Å². The number of nitrogens with one attached hydrogen (secondary N) is 2. The topological polar surface area (TPSA) is 24.1 Å². The molecule has 4 rings (SSSR count). The van der Waals surface area contributed by atoms with E-state index in [-0.39, 0.29) is 12.4 Å². The quantitative estimate of drug-likeness (QED) is 0.405. The van der Waals surface area contributed by atoms with E-state index in [1.165, 1.54) is 32.1 Å². The van der Waals surface area contributed by atoms with Crippen LogP contribution in [0.3, 0.4) is 0 Å².